The second-order valence-corrected chi connectivity index (χ2v) is 3.74. The van der Waals surface area contributed by atoms with Gasteiger partial charge in [0.2, 0.25) is 0 Å². The van der Waals surface area contributed by atoms with Crippen LogP contribution in [-0.4, -0.2) is 0 Å². The molecular formula is C10H12BrN. The molecule has 64 valence electrons. The minimum atomic E-state index is -0.0683. The summed E-state index contributed by atoms with van der Waals surface area (Å²) in [5.41, 5.74) is 8.09. The molecule has 0 aliphatic heterocycles. The highest BCUT2D eigenvalue weighted by atomic mass is 79.9. The van der Waals surface area contributed by atoms with Crippen LogP contribution in [-0.2, 0) is 0 Å². The van der Waals surface area contributed by atoms with Crippen molar-refractivity contribution in [2.24, 2.45) is 5.73 Å². The Labute approximate surface area is 81.4 Å². The summed E-state index contributed by atoms with van der Waals surface area (Å²) in [6.07, 6.45) is 1.74. The van der Waals surface area contributed by atoms with Crippen molar-refractivity contribution in [3.8, 4) is 0 Å². The maximum atomic E-state index is 5.79. The quantitative estimate of drug-likeness (QED) is 0.771. The molecule has 1 aromatic rings. The summed E-state index contributed by atoms with van der Waals surface area (Å²) >= 11 is 3.42. The van der Waals surface area contributed by atoms with E-state index in [0.717, 1.165) is 10.0 Å². The first-order valence-corrected chi connectivity index (χ1v) is 4.58. The third-order valence-corrected chi connectivity index (χ3v) is 2.16. The lowest BCUT2D eigenvalue weighted by atomic mass is 10.1. The van der Waals surface area contributed by atoms with Crippen LogP contribution >= 0.6 is 15.9 Å². The summed E-state index contributed by atoms with van der Waals surface area (Å²) in [6.45, 7) is 5.70. The first-order valence-electron chi connectivity index (χ1n) is 3.78. The molecule has 0 bridgehead atoms. The van der Waals surface area contributed by atoms with Crippen molar-refractivity contribution in [1.82, 2.24) is 0 Å². The zero-order chi connectivity index (χ0) is 9.14. The van der Waals surface area contributed by atoms with Gasteiger partial charge in [0, 0.05) is 10.5 Å². The third-order valence-electron chi connectivity index (χ3n) is 1.70. The van der Waals surface area contributed by atoms with Crippen molar-refractivity contribution in [3.63, 3.8) is 0 Å². The minimum Gasteiger partial charge on any atom is -0.321 e. The number of benzene rings is 1. The molecule has 0 aliphatic carbocycles. The average Bonchev–Trinajstić information content (AvgIpc) is 2.01. The Balaban J connectivity index is 3.08. The highest BCUT2D eigenvalue weighted by molar-refractivity contribution is 9.10. The molecule has 0 heterocycles. The Morgan fingerprint density at radius 1 is 1.50 bits per heavy atom. The van der Waals surface area contributed by atoms with Gasteiger partial charge < -0.3 is 5.73 Å². The van der Waals surface area contributed by atoms with E-state index in [-0.39, 0.29) is 6.04 Å². The summed E-state index contributed by atoms with van der Waals surface area (Å²) < 4.78 is 1.06. The van der Waals surface area contributed by atoms with Crippen LogP contribution < -0.4 is 5.73 Å². The first kappa shape index (κ1) is 9.49. The Bertz CT molecular complexity index is 274. The van der Waals surface area contributed by atoms with Crippen LogP contribution in [0.15, 0.2) is 35.3 Å². The second-order valence-electron chi connectivity index (χ2n) is 2.82. The zero-order valence-corrected chi connectivity index (χ0v) is 8.64. The molecule has 0 radical (unpaired) electrons. The fourth-order valence-corrected chi connectivity index (χ4v) is 1.72. The van der Waals surface area contributed by atoms with Gasteiger partial charge in [-0.25, -0.2) is 0 Å². The van der Waals surface area contributed by atoms with Gasteiger partial charge in [-0.1, -0.05) is 28.1 Å². The number of nitrogens with two attached hydrogens (primary N) is 1. The number of hydrogen-bond donors (Lipinski definition) is 1. The van der Waals surface area contributed by atoms with Crippen LogP contribution in [0.3, 0.4) is 0 Å². The van der Waals surface area contributed by atoms with Gasteiger partial charge in [0.25, 0.3) is 0 Å². The highest BCUT2D eigenvalue weighted by Crippen LogP contribution is 2.19. The maximum Gasteiger partial charge on any atom is 0.0479 e. The molecule has 2 N–H and O–H groups in total. The lowest BCUT2D eigenvalue weighted by molar-refractivity contribution is 0.911. The van der Waals surface area contributed by atoms with Crippen molar-refractivity contribution in [2.75, 3.05) is 0 Å². The highest BCUT2D eigenvalue weighted by Gasteiger charge is 2.01. The normalized spacial score (nSPS) is 12.6. The van der Waals surface area contributed by atoms with E-state index in [2.05, 4.69) is 34.6 Å². The number of rotatable bonds is 2. The van der Waals surface area contributed by atoms with Crippen LogP contribution in [0.2, 0.25) is 0 Å². The minimum absolute atomic E-state index is 0.0683. The SMILES string of the molecule is C=C[C@@H](N)c1cc(C)cc(Br)c1. The summed E-state index contributed by atoms with van der Waals surface area (Å²) in [6, 6.07) is 6.07. The van der Waals surface area contributed by atoms with Gasteiger partial charge in [-0.2, -0.15) is 0 Å². The maximum absolute atomic E-state index is 5.79. The van der Waals surface area contributed by atoms with Gasteiger partial charge in [0.1, 0.15) is 0 Å². The van der Waals surface area contributed by atoms with Gasteiger partial charge in [0.15, 0.2) is 0 Å². The van der Waals surface area contributed by atoms with Gasteiger partial charge in [-0.3, -0.25) is 0 Å². The third kappa shape index (κ3) is 2.19. The molecule has 0 fully saturated rings. The smallest absolute Gasteiger partial charge is 0.0479 e. The van der Waals surface area contributed by atoms with E-state index in [0.29, 0.717) is 0 Å². The van der Waals surface area contributed by atoms with Crippen molar-refractivity contribution in [1.29, 1.82) is 0 Å². The molecule has 1 rings (SSSR count). The van der Waals surface area contributed by atoms with E-state index >= 15 is 0 Å². The van der Waals surface area contributed by atoms with Crippen molar-refractivity contribution >= 4 is 15.9 Å². The van der Waals surface area contributed by atoms with Gasteiger partial charge in [-0.05, 0) is 30.2 Å². The van der Waals surface area contributed by atoms with E-state index in [1.54, 1.807) is 6.08 Å². The Morgan fingerprint density at radius 2 is 2.17 bits per heavy atom. The van der Waals surface area contributed by atoms with Gasteiger partial charge in [-0.15, -0.1) is 6.58 Å². The van der Waals surface area contributed by atoms with Crippen LogP contribution in [0.1, 0.15) is 17.2 Å². The fraction of sp³-hybridized carbons (Fsp3) is 0.200. The van der Waals surface area contributed by atoms with Crippen LogP contribution in [0.25, 0.3) is 0 Å². The molecule has 2 heteroatoms. The summed E-state index contributed by atoms with van der Waals surface area (Å²) in [5.74, 6) is 0. The molecule has 1 atom stereocenters. The molecule has 0 saturated heterocycles. The Morgan fingerprint density at radius 3 is 2.67 bits per heavy atom. The van der Waals surface area contributed by atoms with Crippen LogP contribution in [0, 0.1) is 6.92 Å². The number of hydrogen-bond acceptors (Lipinski definition) is 1. The zero-order valence-electron chi connectivity index (χ0n) is 7.05. The average molecular weight is 226 g/mol. The standard InChI is InChI=1S/C10H12BrN/c1-3-10(12)8-4-7(2)5-9(11)6-8/h3-6,10H,1,12H2,2H3/t10-/m1/s1. The summed E-state index contributed by atoms with van der Waals surface area (Å²) in [4.78, 5) is 0. The topological polar surface area (TPSA) is 26.0 Å². The molecule has 1 aromatic carbocycles. The largest absolute Gasteiger partial charge is 0.321 e. The molecule has 0 aromatic heterocycles. The van der Waals surface area contributed by atoms with Crippen molar-refractivity contribution in [3.05, 3.63) is 46.5 Å². The van der Waals surface area contributed by atoms with E-state index in [9.17, 15) is 0 Å². The fourth-order valence-electron chi connectivity index (χ4n) is 1.09. The molecule has 0 amide bonds. The molecule has 0 aliphatic rings. The van der Waals surface area contributed by atoms with E-state index in [1.807, 2.05) is 13.0 Å². The van der Waals surface area contributed by atoms with Crippen molar-refractivity contribution < 1.29 is 0 Å². The Kier molecular flexibility index (Phi) is 3.06. The number of aryl methyl sites for hydroxylation is 1. The lowest BCUT2D eigenvalue weighted by Gasteiger charge is -2.07. The molecule has 1 nitrogen and oxygen atoms in total. The van der Waals surface area contributed by atoms with E-state index in [1.165, 1.54) is 5.56 Å². The Hall–Kier alpha value is -0.600. The molecule has 0 saturated carbocycles. The summed E-state index contributed by atoms with van der Waals surface area (Å²) in [7, 11) is 0. The van der Waals surface area contributed by atoms with Gasteiger partial charge >= 0.3 is 0 Å². The van der Waals surface area contributed by atoms with Gasteiger partial charge in [0.05, 0.1) is 0 Å². The molecule has 0 spiro atoms. The van der Waals surface area contributed by atoms with E-state index in [4.69, 9.17) is 5.73 Å². The predicted molar refractivity (Wildman–Crippen MR) is 56.0 cm³/mol. The monoisotopic (exact) mass is 225 g/mol. The second kappa shape index (κ2) is 3.87. The van der Waals surface area contributed by atoms with Crippen LogP contribution in [0.5, 0.6) is 0 Å². The molecule has 12 heavy (non-hydrogen) atoms. The predicted octanol–water partition coefficient (Wildman–Crippen LogP) is 2.94. The number of halogens is 1. The van der Waals surface area contributed by atoms with Crippen LogP contribution in [0.4, 0.5) is 0 Å². The lowest BCUT2D eigenvalue weighted by Crippen LogP contribution is -2.06. The molecule has 0 unspecified atom stereocenters. The van der Waals surface area contributed by atoms with E-state index < -0.39 is 0 Å². The first-order chi connectivity index (χ1) is 5.63. The summed E-state index contributed by atoms with van der Waals surface area (Å²) in [5, 5.41) is 0. The molecular weight excluding hydrogens is 214 g/mol. The van der Waals surface area contributed by atoms with Crippen molar-refractivity contribution in [2.45, 2.75) is 13.0 Å².